The molecule has 138 valence electrons. The van der Waals surface area contributed by atoms with Crippen LogP contribution in [0.3, 0.4) is 0 Å². The maximum absolute atomic E-state index is 12.3. The topological polar surface area (TPSA) is 61.9 Å². The Kier molecular flexibility index (Phi) is 6.67. The number of benzene rings is 1. The summed E-state index contributed by atoms with van der Waals surface area (Å²) in [7, 11) is 0. The second-order valence-corrected chi connectivity index (χ2v) is 7.24. The predicted octanol–water partition coefficient (Wildman–Crippen LogP) is 2.64. The number of para-hydroxylation sites is 1. The second-order valence-electron chi connectivity index (χ2n) is 7.24. The van der Waals surface area contributed by atoms with Gasteiger partial charge < -0.3 is 19.9 Å². The Morgan fingerprint density at radius 2 is 1.72 bits per heavy atom. The van der Waals surface area contributed by atoms with Gasteiger partial charge in [-0.3, -0.25) is 4.79 Å². The summed E-state index contributed by atoms with van der Waals surface area (Å²) in [5.74, 6) is 0.152. The smallest absolute Gasteiger partial charge is 0.407 e. The van der Waals surface area contributed by atoms with Crippen LogP contribution in [0, 0.1) is 0 Å². The molecule has 0 aliphatic carbocycles. The van der Waals surface area contributed by atoms with E-state index in [-0.39, 0.29) is 5.91 Å². The maximum atomic E-state index is 12.3. The maximum Gasteiger partial charge on any atom is 0.407 e. The minimum absolute atomic E-state index is 0.152. The monoisotopic (exact) mass is 347 g/mol. The van der Waals surface area contributed by atoms with Gasteiger partial charge in [-0.25, -0.2) is 4.79 Å². The second kappa shape index (κ2) is 8.74. The summed E-state index contributed by atoms with van der Waals surface area (Å²) in [6.07, 6.45) is 0.634. The number of rotatable bonds is 5. The van der Waals surface area contributed by atoms with Crippen molar-refractivity contribution in [2.75, 3.05) is 37.6 Å². The molecule has 25 heavy (non-hydrogen) atoms. The molecule has 1 N–H and O–H groups in total. The molecule has 1 heterocycles. The molecule has 0 aromatic heterocycles. The number of hydrogen-bond acceptors (Lipinski definition) is 4. The van der Waals surface area contributed by atoms with Gasteiger partial charge in [0, 0.05) is 44.8 Å². The molecule has 2 rings (SSSR count). The molecule has 6 nitrogen and oxygen atoms in total. The Morgan fingerprint density at radius 1 is 1.08 bits per heavy atom. The Balaban J connectivity index is 1.63. The first-order valence-corrected chi connectivity index (χ1v) is 8.90. The Morgan fingerprint density at radius 3 is 2.32 bits per heavy atom. The summed E-state index contributed by atoms with van der Waals surface area (Å²) in [4.78, 5) is 28.0. The summed E-state index contributed by atoms with van der Waals surface area (Å²) in [5.41, 5.74) is 0.703. The number of nitrogens with one attached hydrogen (secondary N) is 1. The highest BCUT2D eigenvalue weighted by atomic mass is 16.6. The van der Waals surface area contributed by atoms with Crippen LogP contribution < -0.4 is 10.2 Å². The predicted molar refractivity (Wildman–Crippen MR) is 98.7 cm³/mol. The van der Waals surface area contributed by atoms with Crippen LogP contribution in [-0.4, -0.2) is 55.2 Å². The van der Waals surface area contributed by atoms with Gasteiger partial charge in [0.25, 0.3) is 0 Å². The quantitative estimate of drug-likeness (QED) is 0.832. The minimum Gasteiger partial charge on any atom is -0.444 e. The minimum atomic E-state index is -0.502. The summed E-state index contributed by atoms with van der Waals surface area (Å²) in [6.45, 7) is 9.12. The van der Waals surface area contributed by atoms with Crippen LogP contribution in [0.4, 0.5) is 10.5 Å². The SMILES string of the molecule is CC(C)(C)OC(=O)NCCCC(=O)N1CCN(c2ccccc2)CC1. The normalized spacial score (nSPS) is 15.0. The van der Waals surface area contributed by atoms with Crippen molar-refractivity contribution >= 4 is 17.7 Å². The van der Waals surface area contributed by atoms with E-state index in [1.165, 1.54) is 5.69 Å². The molecule has 1 aromatic carbocycles. The van der Waals surface area contributed by atoms with Crippen molar-refractivity contribution < 1.29 is 14.3 Å². The summed E-state index contributed by atoms with van der Waals surface area (Å²) in [6, 6.07) is 10.3. The van der Waals surface area contributed by atoms with Crippen LogP contribution in [0.2, 0.25) is 0 Å². The van der Waals surface area contributed by atoms with Crippen LogP contribution in [0.25, 0.3) is 0 Å². The summed E-state index contributed by atoms with van der Waals surface area (Å²) >= 11 is 0. The number of anilines is 1. The highest BCUT2D eigenvalue weighted by molar-refractivity contribution is 5.76. The van der Waals surface area contributed by atoms with E-state index in [9.17, 15) is 9.59 Å². The van der Waals surface area contributed by atoms with Crippen LogP contribution in [0.1, 0.15) is 33.6 Å². The first kappa shape index (κ1) is 19.1. The number of alkyl carbamates (subject to hydrolysis) is 1. The van der Waals surface area contributed by atoms with Crippen molar-refractivity contribution in [3.8, 4) is 0 Å². The van der Waals surface area contributed by atoms with Gasteiger partial charge in [-0.15, -0.1) is 0 Å². The number of piperazine rings is 1. The molecule has 0 spiro atoms. The van der Waals surface area contributed by atoms with E-state index in [2.05, 4.69) is 22.3 Å². The van der Waals surface area contributed by atoms with E-state index in [0.29, 0.717) is 19.4 Å². The molecule has 6 heteroatoms. The Bertz CT molecular complexity index is 561. The molecule has 0 atom stereocenters. The zero-order chi connectivity index (χ0) is 18.3. The zero-order valence-corrected chi connectivity index (χ0v) is 15.5. The number of ether oxygens (including phenoxy) is 1. The van der Waals surface area contributed by atoms with Crippen LogP contribution in [0.15, 0.2) is 30.3 Å². The van der Waals surface area contributed by atoms with Crippen molar-refractivity contribution in [3.05, 3.63) is 30.3 Å². The standard InChI is InChI=1S/C19H29N3O3/c1-19(2,3)25-18(24)20-11-7-10-17(23)22-14-12-21(13-15-22)16-8-5-4-6-9-16/h4-6,8-9H,7,10-15H2,1-3H3,(H,20,24). The van der Waals surface area contributed by atoms with Gasteiger partial charge in [-0.2, -0.15) is 0 Å². The van der Waals surface area contributed by atoms with Gasteiger partial charge >= 0.3 is 6.09 Å². The van der Waals surface area contributed by atoms with Crippen molar-refractivity contribution in [1.29, 1.82) is 0 Å². The third kappa shape index (κ3) is 6.64. The van der Waals surface area contributed by atoms with E-state index < -0.39 is 11.7 Å². The fourth-order valence-electron chi connectivity index (χ4n) is 2.76. The average molecular weight is 347 g/mol. The van der Waals surface area contributed by atoms with Crippen LogP contribution in [-0.2, 0) is 9.53 Å². The van der Waals surface area contributed by atoms with Gasteiger partial charge in [0.2, 0.25) is 5.91 Å². The molecule has 1 aromatic rings. The molecular weight excluding hydrogens is 318 g/mol. The van der Waals surface area contributed by atoms with E-state index in [4.69, 9.17) is 4.74 Å². The Labute approximate surface area is 150 Å². The zero-order valence-electron chi connectivity index (χ0n) is 15.5. The number of hydrogen-bond donors (Lipinski definition) is 1. The molecule has 1 aliphatic rings. The number of carbonyl (C=O) groups is 2. The average Bonchev–Trinajstić information content (AvgIpc) is 2.58. The lowest BCUT2D eigenvalue weighted by Crippen LogP contribution is -2.48. The first-order valence-electron chi connectivity index (χ1n) is 8.90. The molecule has 0 unspecified atom stereocenters. The molecule has 2 amide bonds. The highest BCUT2D eigenvalue weighted by Crippen LogP contribution is 2.16. The fraction of sp³-hybridized carbons (Fsp3) is 0.579. The van der Waals surface area contributed by atoms with Gasteiger partial charge in [-0.1, -0.05) is 18.2 Å². The third-order valence-electron chi connectivity index (χ3n) is 3.99. The largest absolute Gasteiger partial charge is 0.444 e. The molecule has 0 radical (unpaired) electrons. The number of nitrogens with zero attached hydrogens (tertiary/aromatic N) is 2. The summed E-state index contributed by atoms with van der Waals surface area (Å²) in [5, 5.41) is 2.69. The third-order valence-corrected chi connectivity index (χ3v) is 3.99. The lowest BCUT2D eigenvalue weighted by atomic mass is 10.2. The fourth-order valence-corrected chi connectivity index (χ4v) is 2.76. The van der Waals surface area contributed by atoms with E-state index >= 15 is 0 Å². The molecule has 0 saturated carbocycles. The Hall–Kier alpha value is -2.24. The van der Waals surface area contributed by atoms with Gasteiger partial charge in [-0.05, 0) is 39.3 Å². The van der Waals surface area contributed by atoms with Crippen molar-refractivity contribution in [2.24, 2.45) is 0 Å². The van der Waals surface area contributed by atoms with Crippen LogP contribution in [0.5, 0.6) is 0 Å². The van der Waals surface area contributed by atoms with Gasteiger partial charge in [0.15, 0.2) is 0 Å². The van der Waals surface area contributed by atoms with Gasteiger partial charge in [0.1, 0.15) is 5.60 Å². The molecule has 1 fully saturated rings. The van der Waals surface area contributed by atoms with E-state index in [1.54, 1.807) is 0 Å². The van der Waals surface area contributed by atoms with Crippen LogP contribution >= 0.6 is 0 Å². The lowest BCUT2D eigenvalue weighted by molar-refractivity contribution is -0.131. The van der Waals surface area contributed by atoms with E-state index in [0.717, 1.165) is 26.2 Å². The lowest BCUT2D eigenvalue weighted by Gasteiger charge is -2.36. The molecular formula is C19H29N3O3. The number of amides is 2. The van der Waals surface area contributed by atoms with Crippen molar-refractivity contribution in [3.63, 3.8) is 0 Å². The van der Waals surface area contributed by atoms with Gasteiger partial charge in [0.05, 0.1) is 0 Å². The molecule has 1 aliphatic heterocycles. The van der Waals surface area contributed by atoms with Crippen molar-refractivity contribution in [1.82, 2.24) is 10.2 Å². The molecule has 1 saturated heterocycles. The van der Waals surface area contributed by atoms with Crippen molar-refractivity contribution in [2.45, 2.75) is 39.2 Å². The highest BCUT2D eigenvalue weighted by Gasteiger charge is 2.21. The molecule has 0 bridgehead atoms. The number of carbonyl (C=O) groups excluding carboxylic acids is 2. The van der Waals surface area contributed by atoms with E-state index in [1.807, 2.05) is 43.9 Å². The first-order chi connectivity index (χ1) is 11.8. The summed E-state index contributed by atoms with van der Waals surface area (Å²) < 4.78 is 5.16.